The Kier molecular flexibility index (Phi) is 2.45. The highest BCUT2D eigenvalue weighted by Crippen LogP contribution is 2.26. The minimum Gasteiger partial charge on any atom is -0.369 e. The van der Waals surface area contributed by atoms with E-state index in [1.807, 2.05) is 37.3 Å². The summed E-state index contributed by atoms with van der Waals surface area (Å²) in [7, 11) is 0. The number of imidazole rings is 1. The molecule has 0 saturated carbocycles. The molecule has 0 radical (unpaired) electrons. The van der Waals surface area contributed by atoms with Gasteiger partial charge in [0.25, 0.3) is 0 Å². The third-order valence-corrected chi connectivity index (χ3v) is 3.07. The van der Waals surface area contributed by atoms with E-state index in [0.717, 1.165) is 16.8 Å². The molecule has 18 heavy (non-hydrogen) atoms. The van der Waals surface area contributed by atoms with E-state index in [1.165, 1.54) is 0 Å². The number of aromatic nitrogens is 3. The van der Waals surface area contributed by atoms with Crippen molar-refractivity contribution >= 4 is 28.7 Å². The number of hydrogen-bond acceptors (Lipinski definition) is 3. The Labute approximate surface area is 109 Å². The second-order valence-electron chi connectivity index (χ2n) is 4.11. The van der Waals surface area contributed by atoms with Gasteiger partial charge in [0.05, 0.1) is 10.7 Å². The van der Waals surface area contributed by atoms with Gasteiger partial charge in [-0.2, -0.15) is 0 Å². The minimum absolute atomic E-state index is 0.385. The summed E-state index contributed by atoms with van der Waals surface area (Å²) in [6, 6.07) is 9.43. The lowest BCUT2D eigenvalue weighted by molar-refractivity contribution is 1.08. The Balaban J connectivity index is 2.36. The topological polar surface area (TPSA) is 56.7 Å². The molecule has 0 bridgehead atoms. The number of pyridine rings is 1. The fraction of sp³-hybridized carbons (Fsp3) is 0.0769. The van der Waals surface area contributed by atoms with Crippen LogP contribution in [-0.4, -0.2) is 14.5 Å². The molecule has 5 heteroatoms. The Morgan fingerprint density at radius 2 is 2.06 bits per heavy atom. The molecule has 2 N–H and O–H groups in total. The van der Waals surface area contributed by atoms with E-state index < -0.39 is 0 Å². The summed E-state index contributed by atoms with van der Waals surface area (Å²) in [6.07, 6.45) is 1.79. The van der Waals surface area contributed by atoms with E-state index >= 15 is 0 Å². The average molecular weight is 259 g/mol. The van der Waals surface area contributed by atoms with E-state index in [1.54, 1.807) is 10.8 Å². The highest BCUT2D eigenvalue weighted by molar-refractivity contribution is 6.32. The molecule has 0 aliphatic rings. The largest absolute Gasteiger partial charge is 0.369 e. The molecule has 3 rings (SSSR count). The molecular formula is C13H11ClN4. The number of fused-ring (bicyclic) bond motifs is 1. The average Bonchev–Trinajstić information content (AvgIpc) is 2.65. The van der Waals surface area contributed by atoms with E-state index in [4.69, 9.17) is 17.3 Å². The van der Waals surface area contributed by atoms with Crippen LogP contribution in [0.1, 0.15) is 5.56 Å². The summed E-state index contributed by atoms with van der Waals surface area (Å²) in [5.41, 5.74) is 9.28. The van der Waals surface area contributed by atoms with E-state index in [2.05, 4.69) is 9.97 Å². The van der Waals surface area contributed by atoms with Gasteiger partial charge < -0.3 is 5.73 Å². The smallest absolute Gasteiger partial charge is 0.207 e. The summed E-state index contributed by atoms with van der Waals surface area (Å²) >= 11 is 6.19. The van der Waals surface area contributed by atoms with Crippen molar-refractivity contribution in [3.63, 3.8) is 0 Å². The van der Waals surface area contributed by atoms with Crippen molar-refractivity contribution in [3.05, 3.63) is 47.1 Å². The SMILES string of the molecule is Cc1cnc2c(c1)nc(N)n2-c1ccccc1Cl. The van der Waals surface area contributed by atoms with Crippen LogP contribution in [0, 0.1) is 6.92 Å². The second kappa shape index (κ2) is 3.99. The first-order chi connectivity index (χ1) is 8.66. The lowest BCUT2D eigenvalue weighted by Crippen LogP contribution is -2.01. The summed E-state index contributed by atoms with van der Waals surface area (Å²) in [5, 5.41) is 0.617. The number of anilines is 1. The van der Waals surface area contributed by atoms with Gasteiger partial charge in [-0.05, 0) is 30.7 Å². The van der Waals surface area contributed by atoms with Crippen LogP contribution in [0.4, 0.5) is 5.95 Å². The van der Waals surface area contributed by atoms with Crippen molar-refractivity contribution < 1.29 is 0 Å². The van der Waals surface area contributed by atoms with Crippen LogP contribution in [-0.2, 0) is 0 Å². The van der Waals surface area contributed by atoms with Gasteiger partial charge in [-0.15, -0.1) is 0 Å². The van der Waals surface area contributed by atoms with E-state index in [9.17, 15) is 0 Å². The van der Waals surface area contributed by atoms with Gasteiger partial charge in [-0.3, -0.25) is 4.57 Å². The van der Waals surface area contributed by atoms with Gasteiger partial charge in [0.2, 0.25) is 5.95 Å². The highest BCUT2D eigenvalue weighted by atomic mass is 35.5. The summed E-state index contributed by atoms with van der Waals surface area (Å²) in [4.78, 5) is 8.69. The Hall–Kier alpha value is -2.07. The predicted molar refractivity (Wildman–Crippen MR) is 73.0 cm³/mol. The summed E-state index contributed by atoms with van der Waals surface area (Å²) in [5.74, 6) is 0.385. The molecule has 0 fully saturated rings. The number of nitrogens with two attached hydrogens (primary N) is 1. The van der Waals surface area contributed by atoms with Crippen molar-refractivity contribution in [2.75, 3.05) is 5.73 Å². The van der Waals surface area contributed by atoms with E-state index in [-0.39, 0.29) is 0 Å². The van der Waals surface area contributed by atoms with Gasteiger partial charge in [0.15, 0.2) is 5.65 Å². The van der Waals surface area contributed by atoms with Crippen LogP contribution in [0.3, 0.4) is 0 Å². The maximum atomic E-state index is 6.19. The zero-order valence-electron chi connectivity index (χ0n) is 9.76. The van der Waals surface area contributed by atoms with Crippen LogP contribution in [0.15, 0.2) is 36.5 Å². The molecule has 2 aromatic heterocycles. The molecule has 0 atom stereocenters. The number of halogens is 1. The van der Waals surface area contributed by atoms with Crippen LogP contribution in [0.5, 0.6) is 0 Å². The number of rotatable bonds is 1. The molecular weight excluding hydrogens is 248 g/mol. The van der Waals surface area contributed by atoms with Crippen molar-refractivity contribution in [2.24, 2.45) is 0 Å². The lowest BCUT2D eigenvalue weighted by Gasteiger charge is -2.07. The van der Waals surface area contributed by atoms with Crippen molar-refractivity contribution in [3.8, 4) is 5.69 Å². The molecule has 2 heterocycles. The first-order valence-corrected chi connectivity index (χ1v) is 5.90. The number of benzene rings is 1. The standard InChI is InChI=1S/C13H11ClN4/c1-8-6-10-12(16-7-8)18(13(15)17-10)11-5-3-2-4-9(11)14/h2-7H,1H3,(H2,15,17). The maximum Gasteiger partial charge on any atom is 0.207 e. The molecule has 4 nitrogen and oxygen atoms in total. The summed E-state index contributed by atoms with van der Waals surface area (Å²) in [6.45, 7) is 1.97. The number of para-hydroxylation sites is 1. The number of nitrogens with zero attached hydrogens (tertiary/aromatic N) is 3. The molecule has 90 valence electrons. The Bertz CT molecular complexity index is 733. The number of nitrogen functional groups attached to an aromatic ring is 1. The van der Waals surface area contributed by atoms with Crippen LogP contribution in [0.2, 0.25) is 5.02 Å². The molecule has 0 saturated heterocycles. The molecule has 0 aliphatic carbocycles. The van der Waals surface area contributed by atoms with Gasteiger partial charge in [0, 0.05) is 6.20 Å². The third-order valence-electron chi connectivity index (χ3n) is 2.75. The van der Waals surface area contributed by atoms with Crippen molar-refractivity contribution in [2.45, 2.75) is 6.92 Å². The molecule has 0 aliphatic heterocycles. The van der Waals surface area contributed by atoms with Gasteiger partial charge in [-0.1, -0.05) is 23.7 Å². The maximum absolute atomic E-state index is 6.19. The minimum atomic E-state index is 0.385. The summed E-state index contributed by atoms with van der Waals surface area (Å²) < 4.78 is 1.76. The highest BCUT2D eigenvalue weighted by Gasteiger charge is 2.13. The normalized spacial score (nSPS) is 11.0. The molecule has 3 aromatic rings. The van der Waals surface area contributed by atoms with Crippen LogP contribution < -0.4 is 5.73 Å². The monoisotopic (exact) mass is 258 g/mol. The molecule has 1 aromatic carbocycles. The molecule has 0 amide bonds. The number of hydrogen-bond donors (Lipinski definition) is 1. The third kappa shape index (κ3) is 1.62. The first kappa shape index (κ1) is 11.0. The Morgan fingerprint density at radius 3 is 2.83 bits per heavy atom. The zero-order valence-corrected chi connectivity index (χ0v) is 10.5. The molecule has 0 unspecified atom stereocenters. The quantitative estimate of drug-likeness (QED) is 0.730. The van der Waals surface area contributed by atoms with E-state index in [0.29, 0.717) is 16.6 Å². The zero-order chi connectivity index (χ0) is 12.7. The number of aryl methyl sites for hydroxylation is 1. The lowest BCUT2D eigenvalue weighted by atomic mass is 10.3. The van der Waals surface area contributed by atoms with Crippen LogP contribution in [0.25, 0.3) is 16.9 Å². The first-order valence-electron chi connectivity index (χ1n) is 5.52. The Morgan fingerprint density at radius 1 is 1.28 bits per heavy atom. The van der Waals surface area contributed by atoms with Gasteiger partial charge in [0.1, 0.15) is 5.52 Å². The van der Waals surface area contributed by atoms with Crippen molar-refractivity contribution in [1.82, 2.24) is 14.5 Å². The fourth-order valence-corrected chi connectivity index (χ4v) is 2.17. The van der Waals surface area contributed by atoms with Gasteiger partial charge >= 0.3 is 0 Å². The molecule has 0 spiro atoms. The fourth-order valence-electron chi connectivity index (χ4n) is 1.95. The predicted octanol–water partition coefficient (Wildman–Crippen LogP) is 2.96. The van der Waals surface area contributed by atoms with Crippen LogP contribution >= 0.6 is 11.6 Å². The second-order valence-corrected chi connectivity index (χ2v) is 4.52. The van der Waals surface area contributed by atoms with Crippen molar-refractivity contribution in [1.29, 1.82) is 0 Å². The van der Waals surface area contributed by atoms with Gasteiger partial charge in [-0.25, -0.2) is 9.97 Å².